The molecule has 1 aromatic heterocycles. The Morgan fingerprint density at radius 1 is 1.15 bits per heavy atom. The number of nitriles is 1. The van der Waals surface area contributed by atoms with Crippen molar-refractivity contribution in [3.05, 3.63) is 52.6 Å². The summed E-state index contributed by atoms with van der Waals surface area (Å²) in [5, 5.41) is 21.5. The Morgan fingerprint density at radius 2 is 1.90 bits per heavy atom. The molecule has 0 saturated heterocycles. The first-order valence-electron chi connectivity index (χ1n) is 6.24. The lowest BCUT2D eigenvalue weighted by Gasteiger charge is -2.03. The zero-order valence-corrected chi connectivity index (χ0v) is 10.6. The van der Waals surface area contributed by atoms with Crippen LogP contribution in [0.1, 0.15) is 6.42 Å². The quantitative estimate of drug-likeness (QED) is 0.536. The van der Waals surface area contributed by atoms with Crippen LogP contribution in [0, 0.1) is 21.4 Å². The summed E-state index contributed by atoms with van der Waals surface area (Å²) in [5.74, 6) is 0. The number of non-ortho nitro benzene ring substituents is 1. The van der Waals surface area contributed by atoms with Gasteiger partial charge >= 0.3 is 0 Å². The smallest absolute Gasteiger partial charge is 0.270 e. The van der Waals surface area contributed by atoms with E-state index < -0.39 is 0 Å². The molecule has 5 nitrogen and oxygen atoms in total. The highest BCUT2D eigenvalue weighted by molar-refractivity contribution is 6.08. The van der Waals surface area contributed by atoms with Crippen molar-refractivity contribution in [3.8, 4) is 6.07 Å². The summed E-state index contributed by atoms with van der Waals surface area (Å²) >= 11 is 0. The van der Waals surface area contributed by atoms with Gasteiger partial charge in [-0.15, -0.1) is 0 Å². The topological polar surface area (TPSA) is 71.9 Å². The number of rotatable bonds is 3. The first-order valence-corrected chi connectivity index (χ1v) is 6.24. The van der Waals surface area contributed by atoms with E-state index in [0.717, 1.165) is 21.8 Å². The molecule has 0 fully saturated rings. The molecule has 0 aliphatic heterocycles. The van der Waals surface area contributed by atoms with Crippen molar-refractivity contribution in [2.24, 2.45) is 0 Å². The summed E-state index contributed by atoms with van der Waals surface area (Å²) in [4.78, 5) is 10.5. The number of para-hydroxylation sites is 1. The molecule has 0 atom stereocenters. The van der Waals surface area contributed by atoms with Gasteiger partial charge < -0.3 is 4.57 Å². The summed E-state index contributed by atoms with van der Waals surface area (Å²) in [6, 6.07) is 14.8. The van der Waals surface area contributed by atoms with Gasteiger partial charge in [0.25, 0.3) is 5.69 Å². The molecule has 0 unspecified atom stereocenters. The van der Waals surface area contributed by atoms with E-state index in [-0.39, 0.29) is 10.6 Å². The number of aromatic nitrogens is 1. The van der Waals surface area contributed by atoms with Crippen LogP contribution in [0.3, 0.4) is 0 Å². The van der Waals surface area contributed by atoms with Crippen LogP contribution in [-0.2, 0) is 6.54 Å². The Hall–Kier alpha value is -2.87. The molecule has 0 aliphatic rings. The molecule has 98 valence electrons. The fourth-order valence-electron chi connectivity index (χ4n) is 2.56. The fourth-order valence-corrected chi connectivity index (χ4v) is 2.56. The SMILES string of the molecule is N#CCCn1c2ccccc2c2cc([N+](=O)[O-])ccc21. The Kier molecular flexibility index (Phi) is 2.84. The predicted octanol–water partition coefficient (Wildman–Crippen LogP) is 3.62. The van der Waals surface area contributed by atoms with Gasteiger partial charge in [-0.1, -0.05) is 18.2 Å². The predicted molar refractivity (Wildman–Crippen MR) is 76.3 cm³/mol. The second-order valence-electron chi connectivity index (χ2n) is 4.54. The molecular formula is C15H11N3O2. The zero-order valence-electron chi connectivity index (χ0n) is 10.6. The minimum Gasteiger partial charge on any atom is -0.339 e. The molecule has 0 radical (unpaired) electrons. The van der Waals surface area contributed by atoms with Crippen LogP contribution in [0.5, 0.6) is 0 Å². The first kappa shape index (κ1) is 12.2. The van der Waals surface area contributed by atoms with E-state index in [0.29, 0.717) is 13.0 Å². The lowest BCUT2D eigenvalue weighted by atomic mass is 10.1. The van der Waals surface area contributed by atoms with Crippen LogP contribution in [0.15, 0.2) is 42.5 Å². The number of fused-ring (bicyclic) bond motifs is 3. The van der Waals surface area contributed by atoms with Crippen molar-refractivity contribution < 1.29 is 4.92 Å². The maximum atomic E-state index is 10.9. The summed E-state index contributed by atoms with van der Waals surface area (Å²) in [5.41, 5.74) is 2.01. The van der Waals surface area contributed by atoms with Gasteiger partial charge in [0.1, 0.15) is 0 Å². The van der Waals surface area contributed by atoms with Gasteiger partial charge in [0.15, 0.2) is 0 Å². The average molecular weight is 265 g/mol. The highest BCUT2D eigenvalue weighted by Crippen LogP contribution is 2.31. The molecular weight excluding hydrogens is 254 g/mol. The largest absolute Gasteiger partial charge is 0.339 e. The summed E-state index contributed by atoms with van der Waals surface area (Å²) in [6.07, 6.45) is 0.408. The molecule has 0 aliphatic carbocycles. The van der Waals surface area contributed by atoms with Crippen LogP contribution in [-0.4, -0.2) is 9.49 Å². The number of nitro benzene ring substituents is 1. The van der Waals surface area contributed by atoms with Crippen molar-refractivity contribution >= 4 is 27.5 Å². The molecule has 0 bridgehead atoms. The van der Waals surface area contributed by atoms with Gasteiger partial charge in [-0.05, 0) is 12.1 Å². The second kappa shape index (κ2) is 4.67. The van der Waals surface area contributed by atoms with Crippen LogP contribution < -0.4 is 0 Å². The van der Waals surface area contributed by atoms with Gasteiger partial charge in [0.05, 0.1) is 17.4 Å². The van der Waals surface area contributed by atoms with E-state index in [9.17, 15) is 10.1 Å². The van der Waals surface area contributed by atoms with Gasteiger partial charge in [0, 0.05) is 40.5 Å². The maximum absolute atomic E-state index is 10.9. The second-order valence-corrected chi connectivity index (χ2v) is 4.54. The van der Waals surface area contributed by atoms with E-state index in [4.69, 9.17) is 5.26 Å². The number of nitro groups is 1. The van der Waals surface area contributed by atoms with E-state index in [1.54, 1.807) is 12.1 Å². The van der Waals surface area contributed by atoms with Crippen molar-refractivity contribution in [1.82, 2.24) is 4.57 Å². The van der Waals surface area contributed by atoms with Crippen molar-refractivity contribution in [2.75, 3.05) is 0 Å². The molecule has 20 heavy (non-hydrogen) atoms. The molecule has 1 heterocycles. The Morgan fingerprint density at radius 3 is 2.65 bits per heavy atom. The number of benzene rings is 2. The van der Waals surface area contributed by atoms with Gasteiger partial charge in [-0.2, -0.15) is 5.26 Å². The molecule has 3 aromatic rings. The monoisotopic (exact) mass is 265 g/mol. The number of hydrogen-bond donors (Lipinski definition) is 0. The molecule has 2 aromatic carbocycles. The van der Waals surface area contributed by atoms with Crippen molar-refractivity contribution in [3.63, 3.8) is 0 Å². The van der Waals surface area contributed by atoms with Gasteiger partial charge in [0.2, 0.25) is 0 Å². The number of hydrogen-bond acceptors (Lipinski definition) is 3. The summed E-state index contributed by atoms with van der Waals surface area (Å²) in [7, 11) is 0. The van der Waals surface area contributed by atoms with Crippen LogP contribution in [0.2, 0.25) is 0 Å². The molecule has 0 spiro atoms. The minimum atomic E-state index is -0.388. The molecule has 0 saturated carbocycles. The van der Waals surface area contributed by atoms with E-state index in [2.05, 4.69) is 6.07 Å². The molecule has 0 amide bonds. The Bertz CT molecular complexity index is 859. The standard InChI is InChI=1S/C15H11N3O2/c16-8-3-9-17-14-5-2-1-4-12(14)13-10-11(18(19)20)6-7-15(13)17/h1-2,4-7,10H,3,9H2. The van der Waals surface area contributed by atoms with Crippen LogP contribution in [0.25, 0.3) is 21.8 Å². The Labute approximate surface area is 114 Å². The lowest BCUT2D eigenvalue weighted by Crippen LogP contribution is -1.96. The molecule has 5 heteroatoms. The summed E-state index contributed by atoms with van der Waals surface area (Å²) < 4.78 is 2.04. The maximum Gasteiger partial charge on any atom is 0.270 e. The van der Waals surface area contributed by atoms with Crippen molar-refractivity contribution in [1.29, 1.82) is 5.26 Å². The first-order chi connectivity index (χ1) is 9.72. The summed E-state index contributed by atoms with van der Waals surface area (Å²) in [6.45, 7) is 0.582. The Balaban J connectivity index is 2.35. The van der Waals surface area contributed by atoms with Gasteiger partial charge in [-0.25, -0.2) is 0 Å². The highest BCUT2D eigenvalue weighted by Gasteiger charge is 2.13. The van der Waals surface area contributed by atoms with Gasteiger partial charge in [-0.3, -0.25) is 10.1 Å². The highest BCUT2D eigenvalue weighted by atomic mass is 16.6. The third kappa shape index (κ3) is 1.79. The van der Waals surface area contributed by atoms with Crippen molar-refractivity contribution in [2.45, 2.75) is 13.0 Å². The third-order valence-corrected chi connectivity index (χ3v) is 3.41. The van der Waals surface area contributed by atoms with Crippen LogP contribution >= 0.6 is 0 Å². The van der Waals surface area contributed by atoms with E-state index in [1.165, 1.54) is 6.07 Å². The van der Waals surface area contributed by atoms with Crippen LogP contribution in [0.4, 0.5) is 5.69 Å². The number of nitrogens with zero attached hydrogens (tertiary/aromatic N) is 3. The fraction of sp³-hybridized carbons (Fsp3) is 0.133. The van der Waals surface area contributed by atoms with E-state index in [1.807, 2.05) is 28.8 Å². The average Bonchev–Trinajstić information content (AvgIpc) is 2.78. The number of aryl methyl sites for hydroxylation is 1. The third-order valence-electron chi connectivity index (χ3n) is 3.41. The zero-order chi connectivity index (χ0) is 14.1. The lowest BCUT2D eigenvalue weighted by molar-refractivity contribution is -0.384. The minimum absolute atomic E-state index is 0.0840. The normalized spacial score (nSPS) is 10.8. The van der Waals surface area contributed by atoms with E-state index >= 15 is 0 Å². The molecule has 0 N–H and O–H groups in total. The molecule has 3 rings (SSSR count).